The number of aliphatic carboxylic acids is 1. The summed E-state index contributed by atoms with van der Waals surface area (Å²) < 4.78 is 25.5. The van der Waals surface area contributed by atoms with Gasteiger partial charge in [0.15, 0.2) is 0 Å². The quantitative estimate of drug-likeness (QED) is 0.789. The number of carboxylic acid groups (broad SMARTS) is 1. The maximum atomic E-state index is 12.8. The molecule has 0 bridgehead atoms. The number of piperidine rings is 1. The molecule has 0 spiro atoms. The third kappa shape index (κ3) is 3.44. The summed E-state index contributed by atoms with van der Waals surface area (Å²) in [6.45, 7) is 6.68. The van der Waals surface area contributed by atoms with Gasteiger partial charge in [0.1, 0.15) is 0 Å². The molecule has 0 radical (unpaired) electrons. The van der Waals surface area contributed by atoms with Gasteiger partial charge in [0.05, 0.1) is 17.1 Å². The van der Waals surface area contributed by atoms with Crippen molar-refractivity contribution < 1.29 is 23.1 Å². The smallest absolute Gasteiger partial charge is 0.311 e. The second kappa shape index (κ2) is 7.00. The number of nitrogens with zero attached hydrogens (tertiary/aromatic N) is 2. The molecule has 1 N–H and O–H groups in total. The van der Waals surface area contributed by atoms with Crippen molar-refractivity contribution in [2.75, 3.05) is 31.9 Å². The summed E-state index contributed by atoms with van der Waals surface area (Å²) in [6.07, 6.45) is 1.78. The summed E-state index contributed by atoms with van der Waals surface area (Å²) in [5, 5.41) is 9.60. The molecule has 2 rings (SSSR count). The Kier molecular flexibility index (Phi) is 5.59. The molecule has 2 heterocycles. The highest BCUT2D eigenvalue weighted by Gasteiger charge is 2.49. The zero-order chi connectivity index (χ0) is 18.1. The van der Waals surface area contributed by atoms with E-state index >= 15 is 0 Å². The lowest BCUT2D eigenvalue weighted by Gasteiger charge is -2.34. The highest BCUT2D eigenvalue weighted by molar-refractivity contribution is 7.89. The van der Waals surface area contributed by atoms with Gasteiger partial charge in [-0.3, -0.25) is 9.59 Å². The van der Waals surface area contributed by atoms with Crippen LogP contribution in [0.2, 0.25) is 0 Å². The molecule has 2 fully saturated rings. The molecule has 8 heteroatoms. The van der Waals surface area contributed by atoms with Crippen molar-refractivity contribution in [3.63, 3.8) is 0 Å². The van der Waals surface area contributed by atoms with Crippen molar-refractivity contribution in [2.45, 2.75) is 40.0 Å². The summed E-state index contributed by atoms with van der Waals surface area (Å²) in [7, 11) is -3.29. The first kappa shape index (κ1) is 19.2. The number of carbonyl (C=O) groups is 2. The number of sulfonamides is 1. The van der Waals surface area contributed by atoms with Crippen LogP contribution in [0.3, 0.4) is 0 Å². The minimum atomic E-state index is -3.29. The monoisotopic (exact) mass is 360 g/mol. The van der Waals surface area contributed by atoms with Gasteiger partial charge in [-0.2, -0.15) is 0 Å². The third-order valence-corrected chi connectivity index (χ3v) is 7.48. The first-order chi connectivity index (χ1) is 11.1. The minimum absolute atomic E-state index is 0.0348. The van der Waals surface area contributed by atoms with Crippen LogP contribution in [-0.4, -0.2) is 66.5 Å². The van der Waals surface area contributed by atoms with E-state index in [1.165, 1.54) is 4.31 Å². The second-order valence-corrected chi connectivity index (χ2v) is 9.48. The summed E-state index contributed by atoms with van der Waals surface area (Å²) in [4.78, 5) is 26.1. The van der Waals surface area contributed by atoms with Crippen LogP contribution in [0.5, 0.6) is 0 Å². The van der Waals surface area contributed by atoms with E-state index in [1.54, 1.807) is 11.8 Å². The lowest BCUT2D eigenvalue weighted by molar-refractivity contribution is -0.151. The summed E-state index contributed by atoms with van der Waals surface area (Å²) in [6, 6.07) is 0. The number of hydrogen-bond acceptors (Lipinski definition) is 4. The Morgan fingerprint density at radius 2 is 1.96 bits per heavy atom. The Labute approximate surface area is 144 Å². The number of carbonyl (C=O) groups excluding carboxylic acids is 1. The van der Waals surface area contributed by atoms with Gasteiger partial charge >= 0.3 is 5.97 Å². The van der Waals surface area contributed by atoms with E-state index in [-0.39, 0.29) is 36.6 Å². The fourth-order valence-corrected chi connectivity index (χ4v) is 4.93. The van der Waals surface area contributed by atoms with Crippen molar-refractivity contribution in [3.8, 4) is 0 Å². The summed E-state index contributed by atoms with van der Waals surface area (Å²) in [5.41, 5.74) is -0.889. The minimum Gasteiger partial charge on any atom is -0.481 e. The van der Waals surface area contributed by atoms with Crippen molar-refractivity contribution >= 4 is 21.9 Å². The van der Waals surface area contributed by atoms with Crippen LogP contribution in [0, 0.1) is 17.3 Å². The van der Waals surface area contributed by atoms with Crippen molar-refractivity contribution in [1.82, 2.24) is 9.21 Å². The summed E-state index contributed by atoms with van der Waals surface area (Å²) >= 11 is 0. The topological polar surface area (TPSA) is 95.0 Å². The average Bonchev–Trinajstić information content (AvgIpc) is 3.01. The molecule has 0 aromatic carbocycles. The number of likely N-dealkylation sites (tertiary alicyclic amines) is 1. The molecule has 1 amide bonds. The van der Waals surface area contributed by atoms with Crippen molar-refractivity contribution in [3.05, 3.63) is 0 Å². The van der Waals surface area contributed by atoms with Gasteiger partial charge in [0.2, 0.25) is 15.9 Å². The lowest BCUT2D eigenvalue weighted by atomic mass is 9.76. The standard InChI is InChI=1S/C16H28N2O5S/c1-4-24(22,23)18-8-5-6-13(10-18)14(19)17-9-7-16(11-17,12(2)3)15(20)21/h12-13H,4-11H2,1-3H3,(H,20,21). The lowest BCUT2D eigenvalue weighted by Crippen LogP contribution is -2.47. The van der Waals surface area contributed by atoms with E-state index in [4.69, 9.17) is 0 Å². The largest absolute Gasteiger partial charge is 0.481 e. The zero-order valence-corrected chi connectivity index (χ0v) is 15.5. The van der Waals surface area contributed by atoms with Crippen LogP contribution < -0.4 is 0 Å². The Hall–Kier alpha value is -1.15. The molecule has 2 unspecified atom stereocenters. The fourth-order valence-electron chi connectivity index (χ4n) is 3.75. The van der Waals surface area contributed by atoms with Gasteiger partial charge in [0.25, 0.3) is 0 Å². The first-order valence-electron chi connectivity index (χ1n) is 8.64. The Balaban J connectivity index is 2.09. The normalized spacial score (nSPS) is 29.2. The molecule has 0 aromatic rings. The second-order valence-electron chi connectivity index (χ2n) is 7.22. The third-order valence-electron chi connectivity index (χ3n) is 5.64. The molecule has 0 saturated carbocycles. The number of amides is 1. The molecule has 2 atom stereocenters. The van der Waals surface area contributed by atoms with Gasteiger partial charge in [-0.25, -0.2) is 12.7 Å². The highest BCUT2D eigenvalue weighted by Crippen LogP contribution is 2.39. The first-order valence-corrected chi connectivity index (χ1v) is 10.2. The summed E-state index contributed by atoms with van der Waals surface area (Å²) in [5.74, 6) is -1.35. The van der Waals surface area contributed by atoms with E-state index in [0.717, 1.165) is 0 Å². The van der Waals surface area contributed by atoms with Crippen LogP contribution in [-0.2, 0) is 19.6 Å². The predicted octanol–water partition coefficient (Wildman–Crippen LogP) is 1.01. The molecule has 2 saturated heterocycles. The van der Waals surface area contributed by atoms with E-state index < -0.39 is 21.4 Å². The van der Waals surface area contributed by atoms with E-state index in [9.17, 15) is 23.1 Å². The maximum absolute atomic E-state index is 12.8. The van der Waals surface area contributed by atoms with Crippen molar-refractivity contribution in [2.24, 2.45) is 17.3 Å². The predicted molar refractivity (Wildman–Crippen MR) is 89.9 cm³/mol. The van der Waals surface area contributed by atoms with Crippen LogP contribution in [0.15, 0.2) is 0 Å². The van der Waals surface area contributed by atoms with Crippen LogP contribution in [0.1, 0.15) is 40.0 Å². The Morgan fingerprint density at radius 3 is 2.46 bits per heavy atom. The van der Waals surface area contributed by atoms with Crippen LogP contribution in [0.4, 0.5) is 0 Å². The number of hydrogen-bond donors (Lipinski definition) is 1. The molecular formula is C16H28N2O5S. The van der Waals surface area contributed by atoms with Crippen molar-refractivity contribution in [1.29, 1.82) is 0 Å². The fraction of sp³-hybridized carbons (Fsp3) is 0.875. The Bertz CT molecular complexity index is 604. The number of carboxylic acids is 1. The highest BCUT2D eigenvalue weighted by atomic mass is 32.2. The van der Waals surface area contributed by atoms with E-state index in [0.29, 0.717) is 32.4 Å². The van der Waals surface area contributed by atoms with Gasteiger partial charge in [0, 0.05) is 26.2 Å². The molecule has 7 nitrogen and oxygen atoms in total. The molecular weight excluding hydrogens is 332 g/mol. The number of rotatable bonds is 5. The van der Waals surface area contributed by atoms with E-state index in [1.807, 2.05) is 13.8 Å². The van der Waals surface area contributed by atoms with E-state index in [2.05, 4.69) is 0 Å². The average molecular weight is 360 g/mol. The van der Waals surface area contributed by atoms with Gasteiger partial charge in [-0.15, -0.1) is 0 Å². The zero-order valence-electron chi connectivity index (χ0n) is 14.7. The molecule has 2 aliphatic rings. The van der Waals surface area contributed by atoms with Crippen LogP contribution >= 0.6 is 0 Å². The molecule has 24 heavy (non-hydrogen) atoms. The van der Waals surface area contributed by atoms with Crippen LogP contribution in [0.25, 0.3) is 0 Å². The molecule has 0 aliphatic carbocycles. The molecule has 138 valence electrons. The molecule has 2 aliphatic heterocycles. The van der Waals surface area contributed by atoms with Gasteiger partial charge in [-0.1, -0.05) is 13.8 Å². The SMILES string of the molecule is CCS(=O)(=O)N1CCCC(C(=O)N2CCC(C(=O)O)(C(C)C)C2)C1. The maximum Gasteiger partial charge on any atom is 0.311 e. The Morgan fingerprint density at radius 1 is 1.29 bits per heavy atom. The van der Waals surface area contributed by atoms with Gasteiger partial charge < -0.3 is 10.0 Å². The van der Waals surface area contributed by atoms with Gasteiger partial charge in [-0.05, 0) is 32.1 Å². The molecule has 0 aromatic heterocycles.